The van der Waals surface area contributed by atoms with Gasteiger partial charge in [0, 0.05) is 37.4 Å². The standard InChI is InChI=1S/C17H31N3O/c1-7-11-18-14(2)17-15(9-8-10-16(17)21-6)20(5)13-12-19(3)4/h8-10,14,18H,7,11-13H2,1-6H3. The van der Waals surface area contributed by atoms with Crippen LogP contribution in [0.2, 0.25) is 0 Å². The molecule has 0 heterocycles. The Morgan fingerprint density at radius 3 is 2.48 bits per heavy atom. The maximum Gasteiger partial charge on any atom is 0.125 e. The van der Waals surface area contributed by atoms with Gasteiger partial charge in [-0.2, -0.15) is 0 Å². The molecule has 0 amide bonds. The van der Waals surface area contributed by atoms with E-state index in [1.165, 1.54) is 11.3 Å². The summed E-state index contributed by atoms with van der Waals surface area (Å²) in [5.41, 5.74) is 2.49. The largest absolute Gasteiger partial charge is 0.496 e. The van der Waals surface area contributed by atoms with E-state index < -0.39 is 0 Å². The van der Waals surface area contributed by atoms with Gasteiger partial charge in [-0.3, -0.25) is 0 Å². The molecule has 4 nitrogen and oxygen atoms in total. The number of benzene rings is 1. The molecule has 0 bridgehead atoms. The summed E-state index contributed by atoms with van der Waals surface area (Å²) in [5.74, 6) is 0.959. The molecule has 0 aliphatic rings. The molecule has 0 fully saturated rings. The van der Waals surface area contributed by atoms with Crippen LogP contribution in [-0.2, 0) is 0 Å². The summed E-state index contributed by atoms with van der Waals surface area (Å²) in [6, 6.07) is 6.56. The molecular weight excluding hydrogens is 262 g/mol. The van der Waals surface area contributed by atoms with Gasteiger partial charge in [-0.05, 0) is 46.1 Å². The number of hydrogen-bond acceptors (Lipinski definition) is 4. The second kappa shape index (κ2) is 8.90. The van der Waals surface area contributed by atoms with Crippen molar-refractivity contribution in [3.8, 4) is 5.75 Å². The number of rotatable bonds is 9. The van der Waals surface area contributed by atoms with Crippen LogP contribution in [0, 0.1) is 0 Å². The van der Waals surface area contributed by atoms with Gasteiger partial charge in [-0.25, -0.2) is 0 Å². The number of methoxy groups -OCH3 is 1. The van der Waals surface area contributed by atoms with E-state index in [-0.39, 0.29) is 6.04 Å². The molecule has 120 valence electrons. The van der Waals surface area contributed by atoms with Crippen LogP contribution < -0.4 is 15.0 Å². The van der Waals surface area contributed by atoms with Gasteiger partial charge in [-0.15, -0.1) is 0 Å². The topological polar surface area (TPSA) is 27.7 Å². The first-order valence-electron chi connectivity index (χ1n) is 7.77. The van der Waals surface area contributed by atoms with Crippen LogP contribution in [0.4, 0.5) is 5.69 Å². The molecule has 0 aliphatic heterocycles. The van der Waals surface area contributed by atoms with E-state index >= 15 is 0 Å². The van der Waals surface area contributed by atoms with Crippen LogP contribution >= 0.6 is 0 Å². The molecule has 0 saturated carbocycles. The zero-order valence-corrected chi connectivity index (χ0v) is 14.4. The van der Waals surface area contributed by atoms with Crippen molar-refractivity contribution in [3.05, 3.63) is 23.8 Å². The molecule has 0 spiro atoms. The molecular formula is C17H31N3O. The quantitative estimate of drug-likeness (QED) is 0.758. The lowest BCUT2D eigenvalue weighted by atomic mass is 10.0. The van der Waals surface area contributed by atoms with Crippen LogP contribution in [0.25, 0.3) is 0 Å². The number of nitrogens with zero attached hydrogens (tertiary/aromatic N) is 2. The molecule has 1 N–H and O–H groups in total. The summed E-state index contributed by atoms with van der Waals surface area (Å²) in [6.45, 7) is 7.43. The van der Waals surface area contributed by atoms with E-state index in [0.717, 1.165) is 31.8 Å². The highest BCUT2D eigenvalue weighted by molar-refractivity contribution is 5.60. The van der Waals surface area contributed by atoms with Crippen LogP contribution in [0.15, 0.2) is 18.2 Å². The van der Waals surface area contributed by atoms with Gasteiger partial charge < -0.3 is 19.9 Å². The van der Waals surface area contributed by atoms with Crippen LogP contribution in [0.5, 0.6) is 5.75 Å². The van der Waals surface area contributed by atoms with Crippen LogP contribution in [0.1, 0.15) is 31.9 Å². The van der Waals surface area contributed by atoms with E-state index in [4.69, 9.17) is 4.74 Å². The molecule has 4 heteroatoms. The highest BCUT2D eigenvalue weighted by Gasteiger charge is 2.18. The fourth-order valence-electron chi connectivity index (χ4n) is 2.41. The smallest absolute Gasteiger partial charge is 0.125 e. The van der Waals surface area contributed by atoms with Crippen molar-refractivity contribution in [2.45, 2.75) is 26.3 Å². The number of ether oxygens (including phenoxy) is 1. The molecule has 0 radical (unpaired) electrons. The van der Waals surface area contributed by atoms with Gasteiger partial charge in [0.25, 0.3) is 0 Å². The minimum atomic E-state index is 0.276. The zero-order chi connectivity index (χ0) is 15.8. The summed E-state index contributed by atoms with van der Waals surface area (Å²) in [7, 11) is 8.10. The predicted molar refractivity (Wildman–Crippen MR) is 91.5 cm³/mol. The van der Waals surface area contributed by atoms with Gasteiger partial charge in [0.1, 0.15) is 5.75 Å². The van der Waals surface area contributed by atoms with E-state index in [1.807, 2.05) is 6.07 Å². The third kappa shape index (κ3) is 5.21. The van der Waals surface area contributed by atoms with Crippen molar-refractivity contribution in [2.24, 2.45) is 0 Å². The predicted octanol–water partition coefficient (Wildman–Crippen LogP) is 2.75. The van der Waals surface area contributed by atoms with E-state index in [1.54, 1.807) is 7.11 Å². The summed E-state index contributed by atoms with van der Waals surface area (Å²) in [5, 5.41) is 3.57. The second-order valence-corrected chi connectivity index (χ2v) is 5.79. The molecule has 0 saturated heterocycles. The number of anilines is 1. The molecule has 1 unspecified atom stereocenters. The van der Waals surface area contributed by atoms with Crippen molar-refractivity contribution >= 4 is 5.69 Å². The lowest BCUT2D eigenvalue weighted by Crippen LogP contribution is -2.30. The average molecular weight is 293 g/mol. The Morgan fingerprint density at radius 1 is 1.19 bits per heavy atom. The maximum absolute atomic E-state index is 5.59. The fourth-order valence-corrected chi connectivity index (χ4v) is 2.41. The highest BCUT2D eigenvalue weighted by Crippen LogP contribution is 2.34. The average Bonchev–Trinajstić information content (AvgIpc) is 2.49. The van der Waals surface area contributed by atoms with Crippen molar-refractivity contribution in [1.29, 1.82) is 0 Å². The first-order valence-corrected chi connectivity index (χ1v) is 7.77. The molecule has 1 atom stereocenters. The number of nitrogens with one attached hydrogen (secondary N) is 1. The molecule has 1 aromatic carbocycles. The van der Waals surface area contributed by atoms with Gasteiger partial charge in [0.2, 0.25) is 0 Å². The molecule has 1 aromatic rings. The Labute approximate surface area is 130 Å². The van der Waals surface area contributed by atoms with Gasteiger partial charge >= 0.3 is 0 Å². The highest BCUT2D eigenvalue weighted by atomic mass is 16.5. The summed E-state index contributed by atoms with van der Waals surface area (Å²) in [6.07, 6.45) is 1.13. The third-order valence-corrected chi connectivity index (χ3v) is 3.69. The molecule has 0 aromatic heterocycles. The first kappa shape index (κ1) is 17.8. The molecule has 21 heavy (non-hydrogen) atoms. The Balaban J connectivity index is 3.01. The SMILES string of the molecule is CCCNC(C)c1c(OC)cccc1N(C)CCN(C)C. The summed E-state index contributed by atoms with van der Waals surface area (Å²) in [4.78, 5) is 4.51. The zero-order valence-electron chi connectivity index (χ0n) is 14.4. The lowest BCUT2D eigenvalue weighted by Gasteiger charge is -2.28. The van der Waals surface area contributed by atoms with Crippen molar-refractivity contribution in [3.63, 3.8) is 0 Å². The van der Waals surface area contributed by atoms with Crippen molar-refractivity contribution in [2.75, 3.05) is 52.8 Å². The van der Waals surface area contributed by atoms with Gasteiger partial charge in [0.15, 0.2) is 0 Å². The maximum atomic E-state index is 5.59. The number of likely N-dealkylation sites (N-methyl/N-ethyl adjacent to an activating group) is 2. The summed E-state index contributed by atoms with van der Waals surface area (Å²) < 4.78 is 5.59. The van der Waals surface area contributed by atoms with Crippen LogP contribution in [-0.4, -0.2) is 52.8 Å². The first-order chi connectivity index (χ1) is 10.0. The monoisotopic (exact) mass is 293 g/mol. The van der Waals surface area contributed by atoms with Gasteiger partial charge in [0.05, 0.1) is 7.11 Å². The fraction of sp³-hybridized carbons (Fsp3) is 0.647. The van der Waals surface area contributed by atoms with Crippen molar-refractivity contribution in [1.82, 2.24) is 10.2 Å². The minimum Gasteiger partial charge on any atom is -0.496 e. The van der Waals surface area contributed by atoms with Crippen molar-refractivity contribution < 1.29 is 4.74 Å². The van der Waals surface area contributed by atoms with Crippen LogP contribution in [0.3, 0.4) is 0 Å². The van der Waals surface area contributed by atoms with E-state index in [2.05, 4.69) is 62.2 Å². The molecule has 0 aliphatic carbocycles. The third-order valence-electron chi connectivity index (χ3n) is 3.69. The van der Waals surface area contributed by atoms with Gasteiger partial charge in [-0.1, -0.05) is 13.0 Å². The summed E-state index contributed by atoms with van der Waals surface area (Å²) >= 11 is 0. The Hall–Kier alpha value is -1.26. The Kier molecular flexibility index (Phi) is 7.54. The van der Waals surface area contributed by atoms with E-state index in [0.29, 0.717) is 0 Å². The number of hydrogen-bond donors (Lipinski definition) is 1. The van der Waals surface area contributed by atoms with E-state index in [9.17, 15) is 0 Å². The Bertz CT molecular complexity index is 420. The lowest BCUT2D eigenvalue weighted by molar-refractivity contribution is 0.400. The minimum absolute atomic E-state index is 0.276. The Morgan fingerprint density at radius 2 is 1.90 bits per heavy atom. The normalized spacial score (nSPS) is 12.5. The second-order valence-electron chi connectivity index (χ2n) is 5.79. The molecule has 1 rings (SSSR count).